The van der Waals surface area contributed by atoms with Crippen molar-refractivity contribution in [3.63, 3.8) is 0 Å². The summed E-state index contributed by atoms with van der Waals surface area (Å²) in [5, 5.41) is 4.58. The quantitative estimate of drug-likeness (QED) is 0.548. The Bertz CT molecular complexity index is 869. The average molecular weight is 413 g/mol. The lowest BCUT2D eigenvalue weighted by Gasteiger charge is -2.20. The molecular formula is C18H18F3N3O5. The van der Waals surface area contributed by atoms with Crippen molar-refractivity contribution in [2.24, 2.45) is 5.92 Å². The summed E-state index contributed by atoms with van der Waals surface area (Å²) in [6.45, 7) is 0.0235. The minimum atomic E-state index is -4.67. The van der Waals surface area contributed by atoms with Crippen LogP contribution in [0.15, 0.2) is 24.3 Å². The van der Waals surface area contributed by atoms with Crippen LogP contribution in [0.1, 0.15) is 25.3 Å². The van der Waals surface area contributed by atoms with Gasteiger partial charge in [-0.2, -0.15) is 13.2 Å². The molecule has 8 nitrogen and oxygen atoms in total. The van der Waals surface area contributed by atoms with Gasteiger partial charge in [0.25, 0.3) is 11.8 Å². The number of nitrogens with zero attached hydrogens (tertiary/aromatic N) is 1. The van der Waals surface area contributed by atoms with Gasteiger partial charge in [0.15, 0.2) is 6.61 Å². The number of rotatable bonds is 6. The Labute approximate surface area is 163 Å². The van der Waals surface area contributed by atoms with Gasteiger partial charge in [-0.15, -0.1) is 0 Å². The van der Waals surface area contributed by atoms with Gasteiger partial charge in [0, 0.05) is 0 Å². The predicted molar refractivity (Wildman–Crippen MR) is 92.4 cm³/mol. The van der Waals surface area contributed by atoms with Crippen LogP contribution >= 0.6 is 0 Å². The molecule has 0 radical (unpaired) electrons. The highest BCUT2D eigenvalue weighted by Crippen LogP contribution is 2.42. The number of alkyl halides is 3. The zero-order chi connectivity index (χ0) is 21.4. The number of para-hydroxylation sites is 1. The lowest BCUT2D eigenvalue weighted by molar-refractivity contribution is -0.150. The third-order valence-electron chi connectivity index (χ3n) is 4.85. The molecule has 0 bridgehead atoms. The Morgan fingerprint density at radius 1 is 1.28 bits per heavy atom. The topological polar surface area (TPSA) is 105 Å². The second kappa shape index (κ2) is 7.37. The van der Waals surface area contributed by atoms with Gasteiger partial charge in [0.1, 0.15) is 12.1 Å². The molecule has 3 rings (SSSR count). The second-order valence-electron chi connectivity index (χ2n) is 7.05. The summed E-state index contributed by atoms with van der Waals surface area (Å²) in [5.74, 6) is -2.56. The third kappa shape index (κ3) is 4.33. The molecule has 0 unspecified atom stereocenters. The lowest BCUT2D eigenvalue weighted by Crippen LogP contribution is -2.46. The van der Waals surface area contributed by atoms with E-state index in [4.69, 9.17) is 4.74 Å². The standard InChI is InChI=1S/C18H18F3N3O5/c1-17(10-6-7-10)15(27)24(16(28)23-17)8-14(26)29-9-13(25)22-12-5-3-2-4-11(12)18(19,20)21/h2-5,10H,6-9H2,1H3,(H,22,25)(H,23,28)/t17-/m1/s1. The molecule has 2 aliphatic rings. The maximum Gasteiger partial charge on any atom is 0.418 e. The number of anilines is 1. The molecule has 1 saturated heterocycles. The first kappa shape index (κ1) is 20.6. The summed E-state index contributed by atoms with van der Waals surface area (Å²) in [6.07, 6.45) is -3.08. The Morgan fingerprint density at radius 3 is 2.55 bits per heavy atom. The smallest absolute Gasteiger partial charge is 0.418 e. The van der Waals surface area contributed by atoms with Crippen molar-refractivity contribution < 1.29 is 37.1 Å². The molecule has 1 aliphatic carbocycles. The van der Waals surface area contributed by atoms with Crippen molar-refractivity contribution in [1.29, 1.82) is 0 Å². The monoisotopic (exact) mass is 413 g/mol. The van der Waals surface area contributed by atoms with E-state index in [1.54, 1.807) is 6.92 Å². The van der Waals surface area contributed by atoms with Crippen molar-refractivity contribution in [2.45, 2.75) is 31.5 Å². The fourth-order valence-electron chi connectivity index (χ4n) is 3.14. The minimum Gasteiger partial charge on any atom is -0.454 e. The van der Waals surface area contributed by atoms with Crippen LogP contribution in [0.4, 0.5) is 23.7 Å². The highest BCUT2D eigenvalue weighted by Gasteiger charge is 2.56. The van der Waals surface area contributed by atoms with E-state index in [-0.39, 0.29) is 5.92 Å². The number of benzene rings is 1. The molecule has 1 aromatic carbocycles. The minimum absolute atomic E-state index is 0.0134. The average Bonchev–Trinajstić information content (AvgIpc) is 3.46. The molecule has 11 heteroatoms. The van der Waals surface area contributed by atoms with E-state index in [9.17, 15) is 32.3 Å². The largest absolute Gasteiger partial charge is 0.454 e. The zero-order valence-electron chi connectivity index (χ0n) is 15.3. The first-order valence-electron chi connectivity index (χ1n) is 8.78. The van der Waals surface area contributed by atoms with Crippen molar-refractivity contribution in [3.05, 3.63) is 29.8 Å². The van der Waals surface area contributed by atoms with E-state index in [1.807, 2.05) is 5.32 Å². The summed E-state index contributed by atoms with van der Waals surface area (Å²) in [5.41, 5.74) is -2.58. The van der Waals surface area contributed by atoms with Gasteiger partial charge >= 0.3 is 18.2 Å². The van der Waals surface area contributed by atoms with Crippen LogP contribution in [0.25, 0.3) is 0 Å². The van der Waals surface area contributed by atoms with Gasteiger partial charge in [-0.1, -0.05) is 12.1 Å². The number of carbonyl (C=O) groups is 4. The number of amides is 4. The fourth-order valence-corrected chi connectivity index (χ4v) is 3.14. The van der Waals surface area contributed by atoms with Gasteiger partial charge in [-0.25, -0.2) is 4.79 Å². The van der Waals surface area contributed by atoms with Crippen molar-refractivity contribution in [1.82, 2.24) is 10.2 Å². The first-order valence-corrected chi connectivity index (χ1v) is 8.78. The van der Waals surface area contributed by atoms with E-state index < -0.39 is 59.9 Å². The number of carbonyl (C=O) groups excluding carboxylic acids is 4. The lowest BCUT2D eigenvalue weighted by atomic mass is 9.96. The van der Waals surface area contributed by atoms with Gasteiger partial charge in [-0.3, -0.25) is 19.3 Å². The van der Waals surface area contributed by atoms with E-state index in [0.717, 1.165) is 25.0 Å². The Morgan fingerprint density at radius 2 is 1.93 bits per heavy atom. The number of imide groups is 1. The van der Waals surface area contributed by atoms with Crippen LogP contribution in [-0.2, 0) is 25.3 Å². The van der Waals surface area contributed by atoms with Crippen molar-refractivity contribution >= 4 is 29.5 Å². The summed E-state index contributed by atoms with van der Waals surface area (Å²) < 4.78 is 43.5. The highest BCUT2D eigenvalue weighted by atomic mass is 19.4. The van der Waals surface area contributed by atoms with Gasteiger partial charge in [0.2, 0.25) is 0 Å². The SMILES string of the molecule is C[C@]1(C2CC2)NC(=O)N(CC(=O)OCC(=O)Nc2ccccc2C(F)(F)F)C1=O. The van der Waals surface area contributed by atoms with Gasteiger partial charge in [-0.05, 0) is 37.8 Å². The van der Waals surface area contributed by atoms with Crippen LogP contribution in [0.2, 0.25) is 0 Å². The van der Waals surface area contributed by atoms with Gasteiger partial charge < -0.3 is 15.4 Å². The predicted octanol–water partition coefficient (Wildman–Crippen LogP) is 1.91. The molecule has 4 amide bonds. The van der Waals surface area contributed by atoms with Crippen molar-refractivity contribution in [3.8, 4) is 0 Å². The molecule has 156 valence electrons. The van der Waals surface area contributed by atoms with Crippen LogP contribution in [0.5, 0.6) is 0 Å². The molecule has 1 aromatic rings. The van der Waals surface area contributed by atoms with Gasteiger partial charge in [0.05, 0.1) is 11.3 Å². The number of halogens is 3. The molecular weight excluding hydrogens is 395 g/mol. The Balaban J connectivity index is 1.53. The fraction of sp³-hybridized carbons (Fsp3) is 0.444. The molecule has 29 heavy (non-hydrogen) atoms. The van der Waals surface area contributed by atoms with Crippen LogP contribution in [0, 0.1) is 5.92 Å². The van der Waals surface area contributed by atoms with E-state index in [1.165, 1.54) is 12.1 Å². The summed E-state index contributed by atoms with van der Waals surface area (Å²) in [6, 6.07) is 3.62. The maximum atomic E-state index is 12.9. The Hall–Kier alpha value is -3.11. The first-order chi connectivity index (χ1) is 13.5. The number of hydrogen-bond acceptors (Lipinski definition) is 5. The van der Waals surface area contributed by atoms with Crippen LogP contribution < -0.4 is 10.6 Å². The normalized spacial score (nSPS) is 21.7. The molecule has 0 spiro atoms. The molecule has 1 heterocycles. The van der Waals surface area contributed by atoms with Crippen molar-refractivity contribution in [2.75, 3.05) is 18.5 Å². The molecule has 2 fully saturated rings. The zero-order valence-corrected chi connectivity index (χ0v) is 15.3. The Kier molecular flexibility index (Phi) is 5.24. The number of urea groups is 1. The van der Waals surface area contributed by atoms with Crippen LogP contribution in [0.3, 0.4) is 0 Å². The molecule has 1 aliphatic heterocycles. The molecule has 1 saturated carbocycles. The van der Waals surface area contributed by atoms with Crippen LogP contribution in [-0.4, -0.2) is 47.4 Å². The van der Waals surface area contributed by atoms with E-state index in [2.05, 4.69) is 5.32 Å². The number of ether oxygens (including phenoxy) is 1. The number of hydrogen-bond donors (Lipinski definition) is 2. The second-order valence-corrected chi connectivity index (χ2v) is 7.05. The number of nitrogens with one attached hydrogen (secondary N) is 2. The molecule has 0 aromatic heterocycles. The molecule has 2 N–H and O–H groups in total. The highest BCUT2D eigenvalue weighted by molar-refractivity contribution is 6.09. The summed E-state index contributed by atoms with van der Waals surface area (Å²) in [7, 11) is 0. The van der Waals surface area contributed by atoms with E-state index >= 15 is 0 Å². The number of esters is 1. The van der Waals surface area contributed by atoms with E-state index in [0.29, 0.717) is 4.90 Å². The molecule has 1 atom stereocenters. The third-order valence-corrected chi connectivity index (χ3v) is 4.85. The maximum absolute atomic E-state index is 12.9. The summed E-state index contributed by atoms with van der Waals surface area (Å²) >= 11 is 0. The summed E-state index contributed by atoms with van der Waals surface area (Å²) in [4.78, 5) is 48.9.